The number of aryl methyl sites for hydroxylation is 2. The number of rotatable bonds is 7. The first-order chi connectivity index (χ1) is 10.2. The average Bonchev–Trinajstić information content (AvgIpc) is 2.53. The molecular weight excluding hydrogens is 260 g/mol. The van der Waals surface area contributed by atoms with Gasteiger partial charge in [-0.2, -0.15) is 0 Å². The van der Waals surface area contributed by atoms with Gasteiger partial charge in [-0.05, 0) is 55.6 Å². The highest BCUT2D eigenvalue weighted by atomic mass is 16.5. The summed E-state index contributed by atoms with van der Waals surface area (Å²) >= 11 is 0. The van der Waals surface area contributed by atoms with E-state index in [1.165, 1.54) is 11.1 Å². The van der Waals surface area contributed by atoms with Crippen LogP contribution in [0, 0.1) is 6.92 Å². The molecule has 2 rings (SSSR count). The molecule has 0 aliphatic heterocycles. The first-order valence-corrected chi connectivity index (χ1v) is 7.52. The van der Waals surface area contributed by atoms with Gasteiger partial charge in [0, 0.05) is 17.9 Å². The quantitative estimate of drug-likeness (QED) is 0.842. The van der Waals surface area contributed by atoms with Gasteiger partial charge in [0.15, 0.2) is 0 Å². The predicted octanol–water partition coefficient (Wildman–Crippen LogP) is 3.68. The van der Waals surface area contributed by atoms with Crippen molar-refractivity contribution in [1.82, 2.24) is 10.3 Å². The Morgan fingerprint density at radius 2 is 1.95 bits per heavy atom. The summed E-state index contributed by atoms with van der Waals surface area (Å²) in [4.78, 5) is 4.40. The van der Waals surface area contributed by atoms with Gasteiger partial charge in [-0.15, -0.1) is 0 Å². The second-order valence-corrected chi connectivity index (χ2v) is 5.18. The van der Waals surface area contributed by atoms with Crippen LogP contribution in [0.5, 0.6) is 5.75 Å². The monoisotopic (exact) mass is 284 g/mol. The van der Waals surface area contributed by atoms with Gasteiger partial charge < -0.3 is 10.1 Å². The van der Waals surface area contributed by atoms with Crippen molar-refractivity contribution in [3.63, 3.8) is 0 Å². The SMILES string of the molecule is CCNC(CCc1ccc(OC)cc1)c1cccnc1C. The number of pyridine rings is 1. The zero-order valence-electron chi connectivity index (χ0n) is 13.1. The Bertz CT molecular complexity index is 551. The van der Waals surface area contributed by atoms with Gasteiger partial charge in [-0.25, -0.2) is 0 Å². The summed E-state index contributed by atoms with van der Waals surface area (Å²) in [6, 6.07) is 12.9. The minimum absolute atomic E-state index is 0.353. The number of benzene rings is 1. The number of nitrogens with zero attached hydrogens (tertiary/aromatic N) is 1. The molecule has 0 saturated carbocycles. The molecule has 0 saturated heterocycles. The molecule has 1 heterocycles. The number of hydrogen-bond donors (Lipinski definition) is 1. The molecule has 21 heavy (non-hydrogen) atoms. The van der Waals surface area contributed by atoms with Crippen molar-refractivity contribution in [2.45, 2.75) is 32.7 Å². The largest absolute Gasteiger partial charge is 0.497 e. The van der Waals surface area contributed by atoms with Crippen LogP contribution in [0.15, 0.2) is 42.6 Å². The predicted molar refractivity (Wildman–Crippen MR) is 86.7 cm³/mol. The smallest absolute Gasteiger partial charge is 0.118 e. The zero-order chi connectivity index (χ0) is 15.1. The Kier molecular flexibility index (Phi) is 5.76. The third-order valence-electron chi connectivity index (χ3n) is 3.75. The van der Waals surface area contributed by atoms with E-state index < -0.39 is 0 Å². The van der Waals surface area contributed by atoms with Crippen molar-refractivity contribution in [3.05, 3.63) is 59.4 Å². The molecule has 1 aromatic heterocycles. The highest BCUT2D eigenvalue weighted by Gasteiger charge is 2.13. The summed E-state index contributed by atoms with van der Waals surface area (Å²) in [5.41, 5.74) is 3.74. The molecule has 0 radical (unpaired) electrons. The van der Waals surface area contributed by atoms with E-state index in [9.17, 15) is 0 Å². The van der Waals surface area contributed by atoms with E-state index in [1.54, 1.807) is 7.11 Å². The molecule has 0 fully saturated rings. The Balaban J connectivity index is 2.04. The number of nitrogens with one attached hydrogen (secondary N) is 1. The summed E-state index contributed by atoms with van der Waals surface area (Å²) in [5, 5.41) is 3.57. The third kappa shape index (κ3) is 4.30. The van der Waals surface area contributed by atoms with Crippen molar-refractivity contribution in [3.8, 4) is 5.75 Å². The summed E-state index contributed by atoms with van der Waals surface area (Å²) in [5.74, 6) is 0.907. The van der Waals surface area contributed by atoms with Crippen LogP contribution in [0.3, 0.4) is 0 Å². The number of ether oxygens (including phenoxy) is 1. The van der Waals surface area contributed by atoms with E-state index in [0.717, 1.165) is 30.8 Å². The molecule has 1 unspecified atom stereocenters. The Morgan fingerprint density at radius 1 is 1.19 bits per heavy atom. The molecule has 0 bridgehead atoms. The fraction of sp³-hybridized carbons (Fsp3) is 0.389. The Hall–Kier alpha value is -1.87. The van der Waals surface area contributed by atoms with Crippen molar-refractivity contribution in [1.29, 1.82) is 0 Å². The second-order valence-electron chi connectivity index (χ2n) is 5.18. The van der Waals surface area contributed by atoms with Gasteiger partial charge in [-0.1, -0.05) is 25.1 Å². The van der Waals surface area contributed by atoms with Crippen molar-refractivity contribution < 1.29 is 4.74 Å². The lowest BCUT2D eigenvalue weighted by Gasteiger charge is -2.20. The maximum absolute atomic E-state index is 5.20. The van der Waals surface area contributed by atoms with Crippen molar-refractivity contribution in [2.24, 2.45) is 0 Å². The lowest BCUT2D eigenvalue weighted by Crippen LogP contribution is -2.22. The van der Waals surface area contributed by atoms with Crippen LogP contribution in [0.4, 0.5) is 0 Å². The van der Waals surface area contributed by atoms with Gasteiger partial charge in [-0.3, -0.25) is 4.98 Å². The van der Waals surface area contributed by atoms with E-state index in [1.807, 2.05) is 24.4 Å². The fourth-order valence-electron chi connectivity index (χ4n) is 2.58. The van der Waals surface area contributed by atoms with Crippen LogP contribution in [-0.4, -0.2) is 18.6 Å². The second kappa shape index (κ2) is 7.79. The van der Waals surface area contributed by atoms with E-state index in [2.05, 4.69) is 42.3 Å². The molecule has 0 amide bonds. The van der Waals surface area contributed by atoms with Gasteiger partial charge in [0.05, 0.1) is 7.11 Å². The van der Waals surface area contributed by atoms with E-state index >= 15 is 0 Å². The third-order valence-corrected chi connectivity index (χ3v) is 3.75. The van der Waals surface area contributed by atoms with Gasteiger partial charge in [0.25, 0.3) is 0 Å². The molecule has 2 aromatic rings. The first kappa shape index (κ1) is 15.5. The molecule has 1 N–H and O–H groups in total. The first-order valence-electron chi connectivity index (χ1n) is 7.52. The number of hydrogen-bond acceptors (Lipinski definition) is 3. The zero-order valence-corrected chi connectivity index (χ0v) is 13.1. The molecular formula is C18H24N2O. The molecule has 1 atom stereocenters. The van der Waals surface area contributed by atoms with Crippen LogP contribution >= 0.6 is 0 Å². The molecule has 0 spiro atoms. The molecule has 3 heteroatoms. The molecule has 0 aliphatic carbocycles. The van der Waals surface area contributed by atoms with Gasteiger partial charge in [0.2, 0.25) is 0 Å². The van der Waals surface area contributed by atoms with Crippen LogP contribution in [0.2, 0.25) is 0 Å². The molecule has 112 valence electrons. The van der Waals surface area contributed by atoms with E-state index in [-0.39, 0.29) is 0 Å². The normalized spacial score (nSPS) is 12.1. The number of aromatic nitrogens is 1. The van der Waals surface area contributed by atoms with E-state index in [4.69, 9.17) is 4.74 Å². The maximum Gasteiger partial charge on any atom is 0.118 e. The summed E-state index contributed by atoms with van der Waals surface area (Å²) in [7, 11) is 1.70. The molecule has 0 aliphatic rings. The van der Waals surface area contributed by atoms with Crippen LogP contribution in [-0.2, 0) is 6.42 Å². The maximum atomic E-state index is 5.20. The fourth-order valence-corrected chi connectivity index (χ4v) is 2.58. The summed E-state index contributed by atoms with van der Waals surface area (Å²) in [6.07, 6.45) is 3.95. The summed E-state index contributed by atoms with van der Waals surface area (Å²) in [6.45, 7) is 5.18. The molecule has 3 nitrogen and oxygen atoms in total. The Labute approximate surface area is 127 Å². The minimum Gasteiger partial charge on any atom is -0.497 e. The minimum atomic E-state index is 0.353. The highest BCUT2D eigenvalue weighted by Crippen LogP contribution is 2.22. The number of methoxy groups -OCH3 is 1. The summed E-state index contributed by atoms with van der Waals surface area (Å²) < 4.78 is 5.20. The van der Waals surface area contributed by atoms with Gasteiger partial charge in [0.1, 0.15) is 5.75 Å². The van der Waals surface area contributed by atoms with Crippen LogP contribution < -0.4 is 10.1 Å². The standard InChI is InChI=1S/C18H24N2O/c1-4-19-18(17-6-5-13-20-14(17)2)12-9-15-7-10-16(21-3)11-8-15/h5-8,10-11,13,18-19H,4,9,12H2,1-3H3. The van der Waals surface area contributed by atoms with E-state index in [0.29, 0.717) is 6.04 Å². The lowest BCUT2D eigenvalue weighted by molar-refractivity contribution is 0.414. The average molecular weight is 284 g/mol. The lowest BCUT2D eigenvalue weighted by atomic mass is 9.98. The van der Waals surface area contributed by atoms with Crippen LogP contribution in [0.1, 0.15) is 36.2 Å². The van der Waals surface area contributed by atoms with Crippen LogP contribution in [0.25, 0.3) is 0 Å². The topological polar surface area (TPSA) is 34.1 Å². The van der Waals surface area contributed by atoms with Gasteiger partial charge >= 0.3 is 0 Å². The molecule has 1 aromatic carbocycles. The van der Waals surface area contributed by atoms with Crippen molar-refractivity contribution in [2.75, 3.05) is 13.7 Å². The Morgan fingerprint density at radius 3 is 2.57 bits per heavy atom. The van der Waals surface area contributed by atoms with Crippen molar-refractivity contribution >= 4 is 0 Å². The highest BCUT2D eigenvalue weighted by molar-refractivity contribution is 5.28.